The van der Waals surface area contributed by atoms with Crippen LogP contribution in [0.5, 0.6) is 0 Å². The van der Waals surface area contributed by atoms with Crippen LogP contribution in [0, 0.1) is 0 Å². The SMILES string of the molecule is CCOCCCNC(=O)[C@@H](Cc1ccccc1)NS(=O)(=O)c1ccccc1. The van der Waals surface area contributed by atoms with Crippen molar-refractivity contribution in [2.24, 2.45) is 0 Å². The van der Waals surface area contributed by atoms with Gasteiger partial charge >= 0.3 is 0 Å². The van der Waals surface area contributed by atoms with Gasteiger partial charge in [0, 0.05) is 19.8 Å². The fraction of sp³-hybridized carbons (Fsp3) is 0.350. The Bertz CT molecular complexity index is 795. The Kier molecular flexibility index (Phi) is 8.44. The van der Waals surface area contributed by atoms with Crippen molar-refractivity contribution >= 4 is 15.9 Å². The summed E-state index contributed by atoms with van der Waals surface area (Å²) in [6, 6.07) is 16.5. The van der Waals surface area contributed by atoms with E-state index in [0.717, 1.165) is 5.56 Å². The molecule has 0 radical (unpaired) electrons. The van der Waals surface area contributed by atoms with Crippen molar-refractivity contribution in [3.8, 4) is 0 Å². The fourth-order valence-corrected chi connectivity index (χ4v) is 3.76. The third-order valence-electron chi connectivity index (χ3n) is 3.92. The van der Waals surface area contributed by atoms with Crippen LogP contribution in [-0.4, -0.2) is 40.1 Å². The molecule has 0 heterocycles. The highest BCUT2D eigenvalue weighted by Gasteiger charge is 2.25. The number of carbonyl (C=O) groups excluding carboxylic acids is 1. The van der Waals surface area contributed by atoms with Gasteiger partial charge < -0.3 is 10.1 Å². The van der Waals surface area contributed by atoms with Crippen molar-refractivity contribution in [3.05, 3.63) is 66.2 Å². The Morgan fingerprint density at radius 2 is 1.67 bits per heavy atom. The van der Waals surface area contributed by atoms with Gasteiger partial charge in [-0.3, -0.25) is 4.79 Å². The van der Waals surface area contributed by atoms with Gasteiger partial charge in [-0.2, -0.15) is 4.72 Å². The Hall–Kier alpha value is -2.22. The van der Waals surface area contributed by atoms with Crippen molar-refractivity contribution in [2.45, 2.75) is 30.7 Å². The Labute approximate surface area is 161 Å². The molecule has 0 aliphatic rings. The van der Waals surface area contributed by atoms with E-state index < -0.39 is 16.1 Å². The van der Waals surface area contributed by atoms with Crippen molar-refractivity contribution in [3.63, 3.8) is 0 Å². The molecular formula is C20H26N2O4S. The molecule has 0 unspecified atom stereocenters. The normalized spacial score (nSPS) is 12.5. The van der Waals surface area contributed by atoms with Crippen LogP contribution in [0.2, 0.25) is 0 Å². The first kappa shape index (κ1) is 21.1. The zero-order valence-electron chi connectivity index (χ0n) is 15.4. The number of amides is 1. The highest BCUT2D eigenvalue weighted by molar-refractivity contribution is 7.89. The van der Waals surface area contributed by atoms with Crippen LogP contribution in [0.1, 0.15) is 18.9 Å². The highest BCUT2D eigenvalue weighted by atomic mass is 32.2. The summed E-state index contributed by atoms with van der Waals surface area (Å²) in [6.07, 6.45) is 0.938. The molecule has 2 aromatic rings. The average molecular weight is 391 g/mol. The number of rotatable bonds is 11. The van der Waals surface area contributed by atoms with Crippen LogP contribution in [-0.2, 0) is 26.0 Å². The minimum Gasteiger partial charge on any atom is -0.382 e. The van der Waals surface area contributed by atoms with Gasteiger partial charge in [0.1, 0.15) is 6.04 Å². The predicted octanol–water partition coefficient (Wildman–Crippen LogP) is 2.12. The third kappa shape index (κ3) is 7.13. The van der Waals surface area contributed by atoms with Gasteiger partial charge in [-0.25, -0.2) is 8.42 Å². The number of hydrogen-bond donors (Lipinski definition) is 2. The third-order valence-corrected chi connectivity index (χ3v) is 5.41. The molecule has 0 saturated heterocycles. The lowest BCUT2D eigenvalue weighted by Gasteiger charge is -2.19. The monoisotopic (exact) mass is 390 g/mol. The first-order chi connectivity index (χ1) is 13.0. The van der Waals surface area contributed by atoms with E-state index in [4.69, 9.17) is 4.74 Å². The van der Waals surface area contributed by atoms with E-state index in [2.05, 4.69) is 10.0 Å². The molecular weight excluding hydrogens is 364 g/mol. The lowest BCUT2D eigenvalue weighted by Crippen LogP contribution is -2.48. The van der Waals surface area contributed by atoms with Gasteiger partial charge in [0.05, 0.1) is 4.90 Å². The lowest BCUT2D eigenvalue weighted by molar-refractivity contribution is -0.122. The number of carbonyl (C=O) groups is 1. The second-order valence-electron chi connectivity index (χ2n) is 6.02. The van der Waals surface area contributed by atoms with Crippen molar-refractivity contribution in [1.82, 2.24) is 10.0 Å². The minimum atomic E-state index is -3.80. The van der Waals surface area contributed by atoms with Crippen molar-refractivity contribution in [1.29, 1.82) is 0 Å². The van der Waals surface area contributed by atoms with Crippen LogP contribution in [0.3, 0.4) is 0 Å². The fourth-order valence-electron chi connectivity index (χ4n) is 2.55. The molecule has 1 atom stereocenters. The van der Waals surface area contributed by atoms with E-state index in [1.165, 1.54) is 12.1 Å². The van der Waals surface area contributed by atoms with Crippen LogP contribution < -0.4 is 10.0 Å². The van der Waals surface area contributed by atoms with E-state index in [-0.39, 0.29) is 17.2 Å². The Morgan fingerprint density at radius 3 is 2.30 bits per heavy atom. The van der Waals surface area contributed by atoms with E-state index >= 15 is 0 Å². The quantitative estimate of drug-likeness (QED) is 0.576. The van der Waals surface area contributed by atoms with Crippen LogP contribution in [0.4, 0.5) is 0 Å². The zero-order valence-corrected chi connectivity index (χ0v) is 16.2. The molecule has 146 valence electrons. The van der Waals surface area contributed by atoms with Gasteiger partial charge in [-0.1, -0.05) is 48.5 Å². The van der Waals surface area contributed by atoms with Crippen molar-refractivity contribution < 1.29 is 17.9 Å². The van der Waals surface area contributed by atoms with E-state index in [1.807, 2.05) is 37.3 Å². The molecule has 0 aliphatic carbocycles. The largest absolute Gasteiger partial charge is 0.382 e. The summed E-state index contributed by atoms with van der Waals surface area (Å²) < 4.78 is 33.1. The molecule has 2 N–H and O–H groups in total. The Morgan fingerprint density at radius 1 is 1.04 bits per heavy atom. The molecule has 7 heteroatoms. The van der Waals surface area contributed by atoms with Gasteiger partial charge in [0.15, 0.2) is 0 Å². The van der Waals surface area contributed by atoms with E-state index in [1.54, 1.807) is 18.2 Å². The maximum Gasteiger partial charge on any atom is 0.241 e. The molecule has 1 amide bonds. The molecule has 6 nitrogen and oxygen atoms in total. The smallest absolute Gasteiger partial charge is 0.241 e. The molecule has 0 aromatic heterocycles. The molecule has 0 spiro atoms. The van der Waals surface area contributed by atoms with Crippen LogP contribution in [0.25, 0.3) is 0 Å². The van der Waals surface area contributed by atoms with E-state index in [9.17, 15) is 13.2 Å². The molecule has 0 fully saturated rings. The molecule has 2 rings (SSSR count). The summed E-state index contributed by atoms with van der Waals surface area (Å²) in [5, 5.41) is 2.79. The first-order valence-electron chi connectivity index (χ1n) is 8.99. The number of benzene rings is 2. The number of hydrogen-bond acceptors (Lipinski definition) is 4. The summed E-state index contributed by atoms with van der Waals surface area (Å²) in [7, 11) is -3.80. The summed E-state index contributed by atoms with van der Waals surface area (Å²) >= 11 is 0. The first-order valence-corrected chi connectivity index (χ1v) is 10.5. The van der Waals surface area contributed by atoms with Crippen LogP contribution in [0.15, 0.2) is 65.6 Å². The maximum atomic E-state index is 12.6. The summed E-state index contributed by atoms with van der Waals surface area (Å²) in [5.41, 5.74) is 0.878. The molecule has 0 bridgehead atoms. The highest BCUT2D eigenvalue weighted by Crippen LogP contribution is 2.11. The van der Waals surface area contributed by atoms with Crippen molar-refractivity contribution in [2.75, 3.05) is 19.8 Å². The summed E-state index contributed by atoms with van der Waals surface area (Å²) in [5.74, 6) is -0.352. The standard InChI is InChI=1S/C20H26N2O4S/c1-2-26-15-9-14-21-20(23)19(16-17-10-5-3-6-11-17)22-27(24,25)18-12-7-4-8-13-18/h3-8,10-13,19,22H,2,9,14-16H2,1H3,(H,21,23)/t19-/m1/s1. The average Bonchev–Trinajstić information content (AvgIpc) is 2.68. The number of nitrogens with one attached hydrogen (secondary N) is 2. The number of sulfonamides is 1. The number of ether oxygens (including phenoxy) is 1. The molecule has 0 saturated carbocycles. The lowest BCUT2D eigenvalue weighted by atomic mass is 10.1. The summed E-state index contributed by atoms with van der Waals surface area (Å²) in [6.45, 7) is 3.52. The van der Waals surface area contributed by atoms with Gasteiger partial charge in [-0.15, -0.1) is 0 Å². The van der Waals surface area contributed by atoms with Gasteiger partial charge in [-0.05, 0) is 37.5 Å². The van der Waals surface area contributed by atoms with Crippen LogP contribution >= 0.6 is 0 Å². The second kappa shape index (κ2) is 10.8. The topological polar surface area (TPSA) is 84.5 Å². The maximum absolute atomic E-state index is 12.6. The molecule has 0 aliphatic heterocycles. The second-order valence-corrected chi connectivity index (χ2v) is 7.73. The minimum absolute atomic E-state index is 0.132. The predicted molar refractivity (Wildman–Crippen MR) is 105 cm³/mol. The molecule has 2 aromatic carbocycles. The summed E-state index contributed by atoms with van der Waals surface area (Å²) in [4.78, 5) is 12.7. The zero-order chi connectivity index (χ0) is 19.5. The van der Waals surface area contributed by atoms with E-state index in [0.29, 0.717) is 26.2 Å². The molecule has 27 heavy (non-hydrogen) atoms. The Balaban J connectivity index is 2.08. The van der Waals surface area contributed by atoms with Gasteiger partial charge in [0.25, 0.3) is 0 Å². The van der Waals surface area contributed by atoms with Gasteiger partial charge in [0.2, 0.25) is 15.9 Å².